The molecule has 2 aromatic heterocycles. The lowest BCUT2D eigenvalue weighted by atomic mass is 10.1. The number of hydrogen-bond donors (Lipinski definition) is 2. The highest BCUT2D eigenvalue weighted by Crippen LogP contribution is 2.10. The second-order valence-electron chi connectivity index (χ2n) is 5.46. The largest absolute Gasteiger partial charge is 0.352 e. The predicted molar refractivity (Wildman–Crippen MR) is 91.2 cm³/mol. The van der Waals surface area contributed by atoms with Crippen LogP contribution >= 0.6 is 0 Å². The molecule has 0 spiro atoms. The molecule has 2 heterocycles. The molecule has 1 amide bonds. The summed E-state index contributed by atoms with van der Waals surface area (Å²) in [6, 6.07) is 13.9. The Hall–Kier alpha value is -2.64. The third-order valence-electron chi connectivity index (χ3n) is 3.72. The van der Waals surface area contributed by atoms with Gasteiger partial charge >= 0.3 is 0 Å². The van der Waals surface area contributed by atoms with Gasteiger partial charge in [0.25, 0.3) is 5.91 Å². The standard InChI is InChI=1S/C17H17N3O3S/c18-24(22,23)16-6-4-13(5-7-16)8-9-19-17(21)14-11-15-3-1-2-10-20(15)12-14/h1-7,10-12H,8-9H2,(H,19,21)(H2,18,22,23). The molecule has 3 rings (SSSR count). The predicted octanol–water partition coefficient (Wildman–Crippen LogP) is 1.56. The van der Waals surface area contributed by atoms with Gasteiger partial charge in [0.1, 0.15) is 0 Å². The van der Waals surface area contributed by atoms with E-state index < -0.39 is 10.0 Å². The summed E-state index contributed by atoms with van der Waals surface area (Å²) in [5, 5.41) is 7.91. The number of amides is 1. The lowest BCUT2D eigenvalue weighted by Gasteiger charge is -2.05. The van der Waals surface area contributed by atoms with E-state index in [-0.39, 0.29) is 10.8 Å². The van der Waals surface area contributed by atoms with Gasteiger partial charge in [-0.1, -0.05) is 18.2 Å². The van der Waals surface area contributed by atoms with E-state index in [4.69, 9.17) is 5.14 Å². The Balaban J connectivity index is 1.58. The number of nitrogens with one attached hydrogen (secondary N) is 1. The number of primary sulfonamides is 1. The highest BCUT2D eigenvalue weighted by Gasteiger charge is 2.09. The van der Waals surface area contributed by atoms with Crippen molar-refractivity contribution in [2.75, 3.05) is 6.54 Å². The van der Waals surface area contributed by atoms with Gasteiger partial charge in [-0.15, -0.1) is 0 Å². The molecule has 0 saturated carbocycles. The Labute approximate surface area is 140 Å². The summed E-state index contributed by atoms with van der Waals surface area (Å²) in [4.78, 5) is 12.2. The van der Waals surface area contributed by atoms with Crippen LogP contribution in [0.5, 0.6) is 0 Å². The molecular weight excluding hydrogens is 326 g/mol. The average Bonchev–Trinajstić information content (AvgIpc) is 2.98. The number of fused-ring (bicyclic) bond motifs is 1. The lowest BCUT2D eigenvalue weighted by Crippen LogP contribution is -2.25. The van der Waals surface area contributed by atoms with Crippen molar-refractivity contribution in [1.82, 2.24) is 9.72 Å². The molecule has 3 N–H and O–H groups in total. The third kappa shape index (κ3) is 3.64. The lowest BCUT2D eigenvalue weighted by molar-refractivity contribution is 0.0954. The first-order valence-corrected chi connectivity index (χ1v) is 8.95. The van der Waals surface area contributed by atoms with Gasteiger partial charge in [-0.2, -0.15) is 0 Å². The van der Waals surface area contributed by atoms with E-state index in [1.54, 1.807) is 18.3 Å². The van der Waals surface area contributed by atoms with Crippen molar-refractivity contribution >= 4 is 21.4 Å². The molecule has 0 unspecified atom stereocenters. The van der Waals surface area contributed by atoms with E-state index in [9.17, 15) is 13.2 Å². The van der Waals surface area contributed by atoms with Crippen molar-refractivity contribution in [3.05, 3.63) is 72.1 Å². The molecule has 124 valence electrons. The maximum absolute atomic E-state index is 12.2. The molecule has 0 saturated heterocycles. The first-order valence-electron chi connectivity index (χ1n) is 7.40. The highest BCUT2D eigenvalue weighted by atomic mass is 32.2. The maximum Gasteiger partial charge on any atom is 0.252 e. The molecule has 0 bridgehead atoms. The molecule has 3 aromatic rings. The number of sulfonamides is 1. The van der Waals surface area contributed by atoms with Crippen LogP contribution in [-0.2, 0) is 16.4 Å². The summed E-state index contributed by atoms with van der Waals surface area (Å²) in [6.45, 7) is 0.458. The quantitative estimate of drug-likeness (QED) is 0.736. The molecule has 0 aliphatic heterocycles. The summed E-state index contributed by atoms with van der Waals surface area (Å²) in [5.74, 6) is -0.139. The van der Waals surface area contributed by atoms with Crippen LogP contribution in [0, 0.1) is 0 Å². The van der Waals surface area contributed by atoms with E-state index >= 15 is 0 Å². The molecule has 7 heteroatoms. The summed E-state index contributed by atoms with van der Waals surface area (Å²) < 4.78 is 24.3. The summed E-state index contributed by atoms with van der Waals surface area (Å²) in [5.41, 5.74) is 2.48. The fourth-order valence-electron chi connectivity index (χ4n) is 2.45. The topological polar surface area (TPSA) is 93.7 Å². The molecule has 0 aliphatic carbocycles. The zero-order valence-electron chi connectivity index (χ0n) is 12.8. The van der Waals surface area contributed by atoms with Crippen LogP contribution in [0.25, 0.3) is 5.52 Å². The van der Waals surface area contributed by atoms with E-state index in [2.05, 4.69) is 5.32 Å². The van der Waals surface area contributed by atoms with Crippen LogP contribution in [0.1, 0.15) is 15.9 Å². The van der Waals surface area contributed by atoms with E-state index in [0.717, 1.165) is 11.1 Å². The molecule has 6 nitrogen and oxygen atoms in total. The highest BCUT2D eigenvalue weighted by molar-refractivity contribution is 7.89. The van der Waals surface area contributed by atoms with Gasteiger partial charge in [0.05, 0.1) is 10.5 Å². The number of benzene rings is 1. The number of aromatic nitrogens is 1. The van der Waals surface area contributed by atoms with Crippen molar-refractivity contribution in [3.8, 4) is 0 Å². The van der Waals surface area contributed by atoms with Gasteiger partial charge in [0.2, 0.25) is 10.0 Å². The zero-order chi connectivity index (χ0) is 17.2. The van der Waals surface area contributed by atoms with Gasteiger partial charge in [-0.3, -0.25) is 4.79 Å². The third-order valence-corrected chi connectivity index (χ3v) is 4.65. The zero-order valence-corrected chi connectivity index (χ0v) is 13.7. The first kappa shape index (κ1) is 16.2. The Bertz CT molecular complexity index is 943. The average molecular weight is 343 g/mol. The van der Waals surface area contributed by atoms with E-state index in [1.807, 2.05) is 34.9 Å². The molecule has 0 radical (unpaired) electrons. The molecule has 1 aromatic carbocycles. The Kier molecular flexibility index (Phi) is 4.37. The SMILES string of the molecule is NS(=O)(=O)c1ccc(CCNC(=O)c2cc3ccccn3c2)cc1. The van der Waals surface area contributed by atoms with E-state index in [0.29, 0.717) is 18.5 Å². The molecule has 0 atom stereocenters. The molecule has 0 fully saturated rings. The van der Waals surface area contributed by atoms with Crippen LogP contribution in [-0.4, -0.2) is 25.3 Å². The minimum atomic E-state index is -3.67. The number of rotatable bonds is 5. The number of carbonyl (C=O) groups is 1. The van der Waals surface area contributed by atoms with Crippen LogP contribution in [0.15, 0.2) is 65.8 Å². The van der Waals surface area contributed by atoms with Crippen molar-refractivity contribution in [2.24, 2.45) is 5.14 Å². The smallest absolute Gasteiger partial charge is 0.252 e. The van der Waals surface area contributed by atoms with Gasteiger partial charge in [0.15, 0.2) is 0 Å². The minimum Gasteiger partial charge on any atom is -0.352 e. The van der Waals surface area contributed by atoms with Crippen molar-refractivity contribution in [3.63, 3.8) is 0 Å². The Morgan fingerprint density at radius 3 is 2.54 bits per heavy atom. The second kappa shape index (κ2) is 6.46. The number of pyridine rings is 1. The normalized spacial score (nSPS) is 11.5. The monoisotopic (exact) mass is 343 g/mol. The first-order chi connectivity index (χ1) is 11.4. The van der Waals surface area contributed by atoms with Crippen molar-refractivity contribution in [2.45, 2.75) is 11.3 Å². The van der Waals surface area contributed by atoms with Crippen LogP contribution < -0.4 is 10.5 Å². The minimum absolute atomic E-state index is 0.0794. The van der Waals surface area contributed by atoms with Crippen LogP contribution in [0.4, 0.5) is 0 Å². The van der Waals surface area contributed by atoms with Crippen molar-refractivity contribution in [1.29, 1.82) is 0 Å². The maximum atomic E-state index is 12.2. The summed E-state index contributed by atoms with van der Waals surface area (Å²) in [7, 11) is -3.67. The summed E-state index contributed by atoms with van der Waals surface area (Å²) in [6.07, 6.45) is 4.27. The van der Waals surface area contributed by atoms with Crippen LogP contribution in [0.2, 0.25) is 0 Å². The number of nitrogens with two attached hydrogens (primary N) is 1. The van der Waals surface area contributed by atoms with Gasteiger partial charge in [-0.25, -0.2) is 13.6 Å². The second-order valence-corrected chi connectivity index (χ2v) is 7.02. The van der Waals surface area contributed by atoms with Crippen LogP contribution in [0.3, 0.4) is 0 Å². The molecule has 24 heavy (non-hydrogen) atoms. The van der Waals surface area contributed by atoms with E-state index in [1.165, 1.54) is 12.1 Å². The Morgan fingerprint density at radius 2 is 1.88 bits per heavy atom. The van der Waals surface area contributed by atoms with Gasteiger partial charge in [-0.05, 0) is 42.3 Å². The number of nitrogens with zero attached hydrogens (tertiary/aromatic N) is 1. The molecular formula is C17H17N3O3S. The summed E-state index contributed by atoms with van der Waals surface area (Å²) >= 11 is 0. The van der Waals surface area contributed by atoms with Gasteiger partial charge in [0, 0.05) is 24.5 Å². The fourth-order valence-corrected chi connectivity index (χ4v) is 2.96. The van der Waals surface area contributed by atoms with Gasteiger partial charge < -0.3 is 9.72 Å². The number of hydrogen-bond acceptors (Lipinski definition) is 3. The number of carbonyl (C=O) groups excluding carboxylic acids is 1. The molecule has 0 aliphatic rings. The van der Waals surface area contributed by atoms with Crippen molar-refractivity contribution < 1.29 is 13.2 Å². The Morgan fingerprint density at radius 1 is 1.12 bits per heavy atom. The fraction of sp³-hybridized carbons (Fsp3) is 0.118.